The van der Waals surface area contributed by atoms with E-state index in [0.29, 0.717) is 4.99 Å². The van der Waals surface area contributed by atoms with Crippen molar-refractivity contribution in [3.8, 4) is 0 Å². The number of hydrogen-bond donors (Lipinski definition) is 2. The first-order valence-electron chi connectivity index (χ1n) is 6.36. The van der Waals surface area contributed by atoms with E-state index >= 15 is 0 Å². The number of anilines is 1. The smallest absolute Gasteiger partial charge is 0.106 e. The first-order valence-corrected chi connectivity index (χ1v) is 6.77. The van der Waals surface area contributed by atoms with Gasteiger partial charge in [-0.15, -0.1) is 0 Å². The molecule has 0 spiro atoms. The van der Waals surface area contributed by atoms with Crippen molar-refractivity contribution in [2.24, 2.45) is 5.73 Å². The summed E-state index contributed by atoms with van der Waals surface area (Å²) in [5, 5.41) is 3.39. The van der Waals surface area contributed by atoms with Gasteiger partial charge in [-0.25, -0.2) is 0 Å². The molecule has 0 aliphatic rings. The van der Waals surface area contributed by atoms with Gasteiger partial charge in [-0.05, 0) is 31.7 Å². The fourth-order valence-corrected chi connectivity index (χ4v) is 1.94. The van der Waals surface area contributed by atoms with Crippen LogP contribution in [0.25, 0.3) is 0 Å². The highest BCUT2D eigenvalue weighted by atomic mass is 32.1. The Bertz CT molecular complexity index is 423. The Kier molecular flexibility index (Phi) is 6.77. The van der Waals surface area contributed by atoms with E-state index in [1.807, 2.05) is 12.1 Å². The van der Waals surface area contributed by atoms with Gasteiger partial charge in [-0.2, -0.15) is 0 Å². The van der Waals surface area contributed by atoms with E-state index in [4.69, 9.17) is 22.7 Å². The largest absolute Gasteiger partial charge is 0.389 e. The molecule has 1 aromatic rings. The van der Waals surface area contributed by atoms with Gasteiger partial charge in [0.1, 0.15) is 4.99 Å². The number of ether oxygens (including phenoxy) is 1. The van der Waals surface area contributed by atoms with Crippen LogP contribution in [0.2, 0.25) is 0 Å². The Morgan fingerprint density at radius 1 is 1.42 bits per heavy atom. The quantitative estimate of drug-likeness (QED) is 0.709. The molecule has 1 rings (SSSR count). The number of nitrogens with two attached hydrogens (primary N) is 1. The molecule has 4 nitrogen and oxygen atoms in total. The maximum absolute atomic E-state index is 5.73. The van der Waals surface area contributed by atoms with Gasteiger partial charge in [0, 0.05) is 38.0 Å². The number of methoxy groups -OCH3 is 1. The molecule has 1 aromatic carbocycles. The lowest BCUT2D eigenvalue weighted by molar-refractivity contribution is 0.163. The van der Waals surface area contributed by atoms with Crippen LogP contribution >= 0.6 is 12.2 Å². The van der Waals surface area contributed by atoms with E-state index < -0.39 is 0 Å². The summed E-state index contributed by atoms with van der Waals surface area (Å²) in [4.78, 5) is 2.64. The molecule has 0 radical (unpaired) electrons. The van der Waals surface area contributed by atoms with Crippen LogP contribution in [0.4, 0.5) is 5.69 Å². The predicted octanol–water partition coefficient (Wildman–Crippen LogP) is 1.62. The standard InChI is InChI=1S/C14H23N3OS/c1-11-4-5-12(14(15)19)13(10-11)16-6-7-17(2)8-9-18-3/h4-5,10,16H,6-9H2,1-3H3,(H2,15,19). The van der Waals surface area contributed by atoms with Gasteiger partial charge in [-0.3, -0.25) is 0 Å². The molecule has 106 valence electrons. The summed E-state index contributed by atoms with van der Waals surface area (Å²) in [6.07, 6.45) is 0. The summed E-state index contributed by atoms with van der Waals surface area (Å²) in [7, 11) is 3.79. The predicted molar refractivity (Wildman–Crippen MR) is 84.9 cm³/mol. The van der Waals surface area contributed by atoms with E-state index in [1.54, 1.807) is 7.11 Å². The number of likely N-dealkylation sites (N-methyl/N-ethyl adjacent to an activating group) is 1. The third-order valence-corrected chi connectivity index (χ3v) is 3.15. The van der Waals surface area contributed by atoms with Crippen molar-refractivity contribution < 1.29 is 4.74 Å². The number of rotatable bonds is 8. The zero-order valence-corrected chi connectivity index (χ0v) is 12.7. The molecule has 0 amide bonds. The van der Waals surface area contributed by atoms with Crippen LogP contribution < -0.4 is 11.1 Å². The van der Waals surface area contributed by atoms with Gasteiger partial charge in [0.25, 0.3) is 0 Å². The van der Waals surface area contributed by atoms with Gasteiger partial charge in [-0.1, -0.05) is 18.3 Å². The minimum Gasteiger partial charge on any atom is -0.389 e. The van der Waals surface area contributed by atoms with Crippen LogP contribution in [0.3, 0.4) is 0 Å². The molecule has 0 fully saturated rings. The third kappa shape index (κ3) is 5.55. The SMILES string of the molecule is COCCN(C)CCNc1cc(C)ccc1C(N)=S. The van der Waals surface area contributed by atoms with Gasteiger partial charge < -0.3 is 20.7 Å². The van der Waals surface area contributed by atoms with Gasteiger partial charge >= 0.3 is 0 Å². The van der Waals surface area contributed by atoms with Crippen molar-refractivity contribution in [1.29, 1.82) is 0 Å². The minimum atomic E-state index is 0.426. The van der Waals surface area contributed by atoms with Crippen molar-refractivity contribution >= 4 is 22.9 Å². The van der Waals surface area contributed by atoms with Gasteiger partial charge in [0.2, 0.25) is 0 Å². The maximum atomic E-state index is 5.73. The van der Waals surface area contributed by atoms with Crippen LogP contribution in [0.1, 0.15) is 11.1 Å². The Balaban J connectivity index is 2.52. The van der Waals surface area contributed by atoms with Crippen molar-refractivity contribution in [1.82, 2.24) is 4.90 Å². The molecule has 0 aliphatic heterocycles. The lowest BCUT2D eigenvalue weighted by Crippen LogP contribution is -2.28. The Labute approximate surface area is 120 Å². The molecular formula is C14H23N3OS. The molecule has 0 atom stereocenters. The van der Waals surface area contributed by atoms with E-state index in [1.165, 1.54) is 5.56 Å². The molecule has 0 saturated carbocycles. The summed E-state index contributed by atoms with van der Waals surface area (Å²) >= 11 is 5.06. The van der Waals surface area contributed by atoms with E-state index in [2.05, 4.69) is 30.3 Å². The van der Waals surface area contributed by atoms with Crippen LogP contribution in [-0.4, -0.2) is 50.3 Å². The fourth-order valence-electron chi connectivity index (χ4n) is 1.76. The molecule has 0 unspecified atom stereocenters. The highest BCUT2D eigenvalue weighted by molar-refractivity contribution is 7.80. The molecule has 0 bridgehead atoms. The first kappa shape index (κ1) is 15.9. The Morgan fingerprint density at radius 3 is 2.79 bits per heavy atom. The number of hydrogen-bond acceptors (Lipinski definition) is 4. The van der Waals surface area contributed by atoms with Crippen molar-refractivity contribution in [2.45, 2.75) is 6.92 Å². The summed E-state index contributed by atoms with van der Waals surface area (Å²) < 4.78 is 5.05. The van der Waals surface area contributed by atoms with Crippen molar-refractivity contribution in [2.75, 3.05) is 45.7 Å². The highest BCUT2D eigenvalue weighted by Gasteiger charge is 2.05. The zero-order chi connectivity index (χ0) is 14.3. The van der Waals surface area contributed by atoms with Crippen molar-refractivity contribution in [3.63, 3.8) is 0 Å². The molecule has 5 heteroatoms. The van der Waals surface area contributed by atoms with Crippen LogP contribution in [-0.2, 0) is 4.74 Å². The average Bonchev–Trinajstić information content (AvgIpc) is 2.36. The molecule has 3 N–H and O–H groups in total. The Morgan fingerprint density at radius 2 is 2.16 bits per heavy atom. The summed E-state index contributed by atoms with van der Waals surface area (Å²) in [5.74, 6) is 0. The average molecular weight is 281 g/mol. The normalized spacial score (nSPS) is 10.7. The summed E-state index contributed by atoms with van der Waals surface area (Å²) in [5.41, 5.74) is 8.83. The number of benzene rings is 1. The molecular weight excluding hydrogens is 258 g/mol. The second-order valence-corrected chi connectivity index (χ2v) is 5.08. The molecule has 0 saturated heterocycles. The molecule has 0 aromatic heterocycles. The van der Waals surface area contributed by atoms with Crippen LogP contribution in [0.15, 0.2) is 18.2 Å². The number of nitrogens with zero attached hydrogens (tertiary/aromatic N) is 1. The second kappa shape index (κ2) is 8.09. The molecule has 19 heavy (non-hydrogen) atoms. The summed E-state index contributed by atoms with van der Waals surface area (Å²) in [6.45, 7) is 5.51. The second-order valence-electron chi connectivity index (χ2n) is 4.64. The minimum absolute atomic E-state index is 0.426. The fraction of sp³-hybridized carbons (Fsp3) is 0.500. The number of nitrogens with one attached hydrogen (secondary N) is 1. The topological polar surface area (TPSA) is 50.5 Å². The van der Waals surface area contributed by atoms with Crippen molar-refractivity contribution in [3.05, 3.63) is 29.3 Å². The molecule has 0 aliphatic carbocycles. The van der Waals surface area contributed by atoms with Gasteiger partial charge in [0.05, 0.1) is 6.61 Å². The maximum Gasteiger partial charge on any atom is 0.106 e. The lowest BCUT2D eigenvalue weighted by Gasteiger charge is -2.18. The number of aryl methyl sites for hydroxylation is 1. The third-order valence-electron chi connectivity index (χ3n) is 2.93. The van der Waals surface area contributed by atoms with E-state index in [0.717, 1.165) is 37.5 Å². The molecule has 0 heterocycles. The monoisotopic (exact) mass is 281 g/mol. The van der Waals surface area contributed by atoms with E-state index in [9.17, 15) is 0 Å². The highest BCUT2D eigenvalue weighted by Crippen LogP contribution is 2.17. The first-order chi connectivity index (χ1) is 9.04. The Hall–Kier alpha value is -1.17. The van der Waals surface area contributed by atoms with Crippen LogP contribution in [0, 0.1) is 6.92 Å². The van der Waals surface area contributed by atoms with Gasteiger partial charge in [0.15, 0.2) is 0 Å². The number of thiocarbonyl (C=S) groups is 1. The van der Waals surface area contributed by atoms with E-state index in [-0.39, 0.29) is 0 Å². The lowest BCUT2D eigenvalue weighted by atomic mass is 10.1. The summed E-state index contributed by atoms with van der Waals surface area (Å²) in [6, 6.07) is 6.06. The van der Waals surface area contributed by atoms with Crippen LogP contribution in [0.5, 0.6) is 0 Å². The zero-order valence-electron chi connectivity index (χ0n) is 11.9.